The standard InChI is InChI=1S/C10H18O5/c1-4-6-7(12)8-10(5-11,13-6)15-9(2,3)14-8/h6-8,11-12H,4-5H2,1-3H3/t6-,7+,8-,10-/m0/s1. The summed E-state index contributed by atoms with van der Waals surface area (Å²) in [6.07, 6.45) is -1.03. The highest BCUT2D eigenvalue weighted by Crippen LogP contribution is 2.45. The molecule has 2 N–H and O–H groups in total. The van der Waals surface area contributed by atoms with Crippen molar-refractivity contribution < 1.29 is 24.4 Å². The monoisotopic (exact) mass is 218 g/mol. The van der Waals surface area contributed by atoms with E-state index in [9.17, 15) is 10.2 Å². The van der Waals surface area contributed by atoms with Crippen LogP contribution >= 0.6 is 0 Å². The van der Waals surface area contributed by atoms with Crippen molar-refractivity contribution in [3.05, 3.63) is 0 Å². The molecule has 0 amide bonds. The fraction of sp³-hybridized carbons (Fsp3) is 1.00. The second-order valence-corrected chi connectivity index (χ2v) is 4.57. The number of rotatable bonds is 2. The van der Waals surface area contributed by atoms with Gasteiger partial charge >= 0.3 is 0 Å². The summed E-state index contributed by atoms with van der Waals surface area (Å²) >= 11 is 0. The number of aliphatic hydroxyl groups is 2. The van der Waals surface area contributed by atoms with Crippen LogP contribution in [0.25, 0.3) is 0 Å². The Hall–Kier alpha value is -0.200. The summed E-state index contributed by atoms with van der Waals surface area (Å²) in [7, 11) is 0. The molecule has 2 rings (SSSR count). The van der Waals surface area contributed by atoms with Crippen molar-refractivity contribution in [2.45, 2.75) is 57.1 Å². The first kappa shape index (κ1) is 11.3. The van der Waals surface area contributed by atoms with Crippen LogP contribution in [0.4, 0.5) is 0 Å². The van der Waals surface area contributed by atoms with Crippen LogP contribution in [0.3, 0.4) is 0 Å². The summed E-state index contributed by atoms with van der Waals surface area (Å²) < 4.78 is 16.7. The van der Waals surface area contributed by atoms with Gasteiger partial charge < -0.3 is 24.4 Å². The van der Waals surface area contributed by atoms with Crippen LogP contribution in [0.2, 0.25) is 0 Å². The van der Waals surface area contributed by atoms with Crippen LogP contribution in [0.15, 0.2) is 0 Å². The number of aliphatic hydroxyl groups excluding tert-OH is 2. The fourth-order valence-corrected chi connectivity index (χ4v) is 2.32. The zero-order chi connectivity index (χ0) is 11.3. The zero-order valence-corrected chi connectivity index (χ0v) is 9.27. The Morgan fingerprint density at radius 1 is 1.27 bits per heavy atom. The van der Waals surface area contributed by atoms with Gasteiger partial charge in [-0.2, -0.15) is 0 Å². The second kappa shape index (κ2) is 3.40. The largest absolute Gasteiger partial charge is 0.391 e. The highest BCUT2D eigenvalue weighted by Gasteiger charge is 2.63. The molecule has 5 heteroatoms. The van der Waals surface area contributed by atoms with Gasteiger partial charge in [-0.25, -0.2) is 0 Å². The molecule has 2 aliphatic heterocycles. The van der Waals surface area contributed by atoms with Gasteiger partial charge in [0.15, 0.2) is 5.79 Å². The Labute approximate surface area is 88.9 Å². The van der Waals surface area contributed by atoms with Crippen LogP contribution in [0.1, 0.15) is 27.2 Å². The van der Waals surface area contributed by atoms with Crippen LogP contribution < -0.4 is 0 Å². The van der Waals surface area contributed by atoms with Gasteiger partial charge in [-0.3, -0.25) is 0 Å². The van der Waals surface area contributed by atoms with Gasteiger partial charge in [-0.15, -0.1) is 0 Å². The van der Waals surface area contributed by atoms with Crippen LogP contribution in [-0.4, -0.2) is 46.7 Å². The van der Waals surface area contributed by atoms with E-state index in [4.69, 9.17) is 14.2 Å². The molecule has 2 aliphatic rings. The maximum atomic E-state index is 9.95. The number of hydrogen-bond donors (Lipinski definition) is 2. The van der Waals surface area contributed by atoms with Crippen molar-refractivity contribution in [3.8, 4) is 0 Å². The molecule has 0 aromatic rings. The first-order chi connectivity index (χ1) is 6.94. The molecule has 0 aromatic heterocycles. The molecule has 0 bridgehead atoms. The molecule has 0 aromatic carbocycles. The number of hydrogen-bond acceptors (Lipinski definition) is 5. The van der Waals surface area contributed by atoms with E-state index in [0.717, 1.165) is 0 Å². The van der Waals surface area contributed by atoms with E-state index in [2.05, 4.69) is 0 Å². The van der Waals surface area contributed by atoms with Gasteiger partial charge in [-0.1, -0.05) is 6.92 Å². The lowest BCUT2D eigenvalue weighted by molar-refractivity contribution is -0.273. The molecule has 0 unspecified atom stereocenters. The molecule has 0 radical (unpaired) electrons. The average molecular weight is 218 g/mol. The van der Waals surface area contributed by atoms with E-state index >= 15 is 0 Å². The molecule has 2 saturated heterocycles. The van der Waals surface area contributed by atoms with Crippen LogP contribution in [0.5, 0.6) is 0 Å². The quantitative estimate of drug-likeness (QED) is 0.682. The van der Waals surface area contributed by atoms with E-state index in [0.29, 0.717) is 6.42 Å². The van der Waals surface area contributed by atoms with E-state index in [1.807, 2.05) is 6.92 Å². The van der Waals surface area contributed by atoms with Gasteiger partial charge in [0.05, 0.1) is 6.10 Å². The average Bonchev–Trinajstić information content (AvgIpc) is 2.58. The summed E-state index contributed by atoms with van der Waals surface area (Å²) in [5, 5.41) is 19.3. The van der Waals surface area contributed by atoms with Crippen molar-refractivity contribution in [1.29, 1.82) is 0 Å². The maximum absolute atomic E-state index is 9.95. The van der Waals surface area contributed by atoms with Crippen molar-refractivity contribution in [1.82, 2.24) is 0 Å². The first-order valence-corrected chi connectivity index (χ1v) is 5.29. The molecular formula is C10H18O5. The van der Waals surface area contributed by atoms with E-state index < -0.39 is 23.8 Å². The van der Waals surface area contributed by atoms with Crippen LogP contribution in [-0.2, 0) is 14.2 Å². The predicted octanol–water partition coefficient (Wildman–Crippen LogP) is -0.00380. The molecule has 88 valence electrons. The minimum atomic E-state index is -1.19. The lowest BCUT2D eigenvalue weighted by Gasteiger charge is -2.26. The second-order valence-electron chi connectivity index (χ2n) is 4.57. The summed E-state index contributed by atoms with van der Waals surface area (Å²) in [4.78, 5) is 0. The number of ether oxygens (including phenoxy) is 3. The highest BCUT2D eigenvalue weighted by molar-refractivity contribution is 5.01. The molecule has 0 aliphatic carbocycles. The third-order valence-electron chi connectivity index (χ3n) is 2.93. The molecule has 0 saturated carbocycles. The maximum Gasteiger partial charge on any atom is 0.224 e. The SMILES string of the molecule is CC[C@@H]1O[C@@]2(CO)OC(C)(C)O[C@H]2[C@@H]1O. The fourth-order valence-electron chi connectivity index (χ4n) is 2.32. The third kappa shape index (κ3) is 1.59. The van der Waals surface area contributed by atoms with Crippen molar-refractivity contribution in [2.24, 2.45) is 0 Å². The Morgan fingerprint density at radius 3 is 2.40 bits per heavy atom. The Kier molecular flexibility index (Phi) is 2.56. The van der Waals surface area contributed by atoms with Gasteiger partial charge in [0.25, 0.3) is 0 Å². The van der Waals surface area contributed by atoms with Gasteiger partial charge in [0, 0.05) is 0 Å². The third-order valence-corrected chi connectivity index (χ3v) is 2.93. The number of fused-ring (bicyclic) bond motifs is 1. The van der Waals surface area contributed by atoms with Crippen LogP contribution in [0, 0.1) is 0 Å². The Morgan fingerprint density at radius 2 is 1.93 bits per heavy atom. The molecule has 15 heavy (non-hydrogen) atoms. The molecule has 5 nitrogen and oxygen atoms in total. The first-order valence-electron chi connectivity index (χ1n) is 5.29. The molecular weight excluding hydrogens is 200 g/mol. The van der Waals surface area contributed by atoms with Crippen molar-refractivity contribution in [2.75, 3.05) is 6.61 Å². The summed E-state index contributed by atoms with van der Waals surface area (Å²) in [5.41, 5.74) is 0. The smallest absolute Gasteiger partial charge is 0.224 e. The molecule has 2 fully saturated rings. The minimum absolute atomic E-state index is 0.311. The zero-order valence-electron chi connectivity index (χ0n) is 9.27. The molecule has 0 spiro atoms. The molecule has 4 atom stereocenters. The Balaban J connectivity index is 2.24. The van der Waals surface area contributed by atoms with Crippen molar-refractivity contribution >= 4 is 0 Å². The lowest BCUT2D eigenvalue weighted by Crippen LogP contribution is -2.43. The van der Waals surface area contributed by atoms with E-state index in [1.54, 1.807) is 13.8 Å². The molecule has 2 heterocycles. The predicted molar refractivity (Wildman–Crippen MR) is 51.0 cm³/mol. The normalized spacial score (nSPS) is 48.2. The highest BCUT2D eigenvalue weighted by atomic mass is 16.9. The van der Waals surface area contributed by atoms with E-state index in [1.165, 1.54) is 0 Å². The van der Waals surface area contributed by atoms with Gasteiger partial charge in [0.1, 0.15) is 18.8 Å². The summed E-state index contributed by atoms with van der Waals surface area (Å²) in [6, 6.07) is 0. The summed E-state index contributed by atoms with van der Waals surface area (Å²) in [5.74, 6) is -2.02. The van der Waals surface area contributed by atoms with E-state index in [-0.39, 0.29) is 12.7 Å². The Bertz CT molecular complexity index is 254. The lowest BCUT2D eigenvalue weighted by atomic mass is 10.0. The minimum Gasteiger partial charge on any atom is -0.391 e. The summed E-state index contributed by atoms with van der Waals surface area (Å²) in [6.45, 7) is 5.07. The van der Waals surface area contributed by atoms with Crippen molar-refractivity contribution in [3.63, 3.8) is 0 Å². The van der Waals surface area contributed by atoms with Gasteiger partial charge in [0.2, 0.25) is 5.79 Å². The van der Waals surface area contributed by atoms with Gasteiger partial charge in [-0.05, 0) is 20.3 Å². The topological polar surface area (TPSA) is 68.2 Å².